The van der Waals surface area contributed by atoms with Gasteiger partial charge >= 0.3 is 5.97 Å². The first-order valence-electron chi connectivity index (χ1n) is 4.27. The fourth-order valence-corrected chi connectivity index (χ4v) is 1.34. The predicted molar refractivity (Wildman–Crippen MR) is 59.7 cm³/mol. The minimum atomic E-state index is -0.558. The first-order valence-corrected chi connectivity index (χ1v) is 4.65. The van der Waals surface area contributed by atoms with Gasteiger partial charge in [-0.1, -0.05) is 23.8 Å². The lowest BCUT2D eigenvalue weighted by atomic mass is 10.1. The Hall–Kier alpha value is -1.55. The SMILES string of the molecule is C/C=C\c1c(N)cc(Cl)nc1C(=O)OC. The van der Waals surface area contributed by atoms with E-state index in [1.165, 1.54) is 13.2 Å². The lowest BCUT2D eigenvalue weighted by molar-refractivity contribution is 0.0594. The summed E-state index contributed by atoms with van der Waals surface area (Å²) in [7, 11) is 1.28. The van der Waals surface area contributed by atoms with Crippen molar-refractivity contribution in [1.82, 2.24) is 4.98 Å². The highest BCUT2D eigenvalue weighted by Gasteiger charge is 2.15. The van der Waals surface area contributed by atoms with Crippen molar-refractivity contribution in [2.45, 2.75) is 6.92 Å². The van der Waals surface area contributed by atoms with E-state index in [1.807, 2.05) is 6.92 Å². The quantitative estimate of drug-likeness (QED) is 0.620. The number of halogens is 1. The number of hydrogen-bond donors (Lipinski definition) is 1. The number of nitrogens with zero attached hydrogens (tertiary/aromatic N) is 1. The van der Waals surface area contributed by atoms with Crippen LogP contribution in [0.15, 0.2) is 12.1 Å². The molecule has 0 saturated carbocycles. The molecular weight excluding hydrogens is 216 g/mol. The fraction of sp³-hybridized carbons (Fsp3) is 0.200. The summed E-state index contributed by atoms with van der Waals surface area (Å²) in [6, 6.07) is 1.49. The van der Waals surface area contributed by atoms with Crippen LogP contribution >= 0.6 is 11.6 Å². The number of allylic oxidation sites excluding steroid dienone is 1. The van der Waals surface area contributed by atoms with Crippen LogP contribution in [0.1, 0.15) is 23.0 Å². The molecule has 0 fully saturated rings. The second-order valence-corrected chi connectivity index (χ2v) is 3.18. The fourth-order valence-electron chi connectivity index (χ4n) is 1.14. The Balaban J connectivity index is 3.39. The van der Waals surface area contributed by atoms with Gasteiger partial charge in [0.25, 0.3) is 0 Å². The van der Waals surface area contributed by atoms with Crippen LogP contribution < -0.4 is 5.73 Å². The van der Waals surface area contributed by atoms with Crippen LogP contribution in [0.4, 0.5) is 5.69 Å². The van der Waals surface area contributed by atoms with Crippen molar-refractivity contribution in [3.63, 3.8) is 0 Å². The van der Waals surface area contributed by atoms with E-state index in [-0.39, 0.29) is 10.8 Å². The summed E-state index contributed by atoms with van der Waals surface area (Å²) in [6.45, 7) is 1.81. The molecule has 0 aliphatic rings. The van der Waals surface area contributed by atoms with Gasteiger partial charge in [0.1, 0.15) is 5.15 Å². The Morgan fingerprint density at radius 2 is 2.33 bits per heavy atom. The van der Waals surface area contributed by atoms with Crippen molar-refractivity contribution in [3.8, 4) is 0 Å². The Morgan fingerprint density at radius 1 is 1.67 bits per heavy atom. The molecule has 5 heteroatoms. The van der Waals surface area contributed by atoms with Gasteiger partial charge in [0.05, 0.1) is 7.11 Å². The normalized spacial score (nSPS) is 10.6. The molecule has 0 unspecified atom stereocenters. The van der Waals surface area contributed by atoms with Crippen LogP contribution in [0.2, 0.25) is 5.15 Å². The molecule has 1 aromatic heterocycles. The topological polar surface area (TPSA) is 65.2 Å². The largest absolute Gasteiger partial charge is 0.464 e. The number of nitrogen functional groups attached to an aromatic ring is 1. The zero-order valence-electron chi connectivity index (χ0n) is 8.45. The van der Waals surface area contributed by atoms with Crippen LogP contribution in [0, 0.1) is 0 Å². The summed E-state index contributed by atoms with van der Waals surface area (Å²) >= 11 is 5.70. The molecular formula is C10H11ClN2O2. The van der Waals surface area contributed by atoms with E-state index < -0.39 is 5.97 Å². The summed E-state index contributed by atoms with van der Waals surface area (Å²) < 4.78 is 4.58. The van der Waals surface area contributed by atoms with Crippen LogP contribution in [0.25, 0.3) is 6.08 Å². The number of esters is 1. The van der Waals surface area contributed by atoms with Gasteiger partial charge in [0.15, 0.2) is 5.69 Å². The highest BCUT2D eigenvalue weighted by atomic mass is 35.5. The van der Waals surface area contributed by atoms with Gasteiger partial charge < -0.3 is 10.5 Å². The smallest absolute Gasteiger partial charge is 0.357 e. The van der Waals surface area contributed by atoms with E-state index in [1.54, 1.807) is 12.2 Å². The van der Waals surface area contributed by atoms with E-state index >= 15 is 0 Å². The van der Waals surface area contributed by atoms with Crippen molar-refractivity contribution in [1.29, 1.82) is 0 Å². The number of aromatic nitrogens is 1. The van der Waals surface area contributed by atoms with Crippen LogP contribution in [0.3, 0.4) is 0 Å². The molecule has 0 aliphatic carbocycles. The summed E-state index contributed by atoms with van der Waals surface area (Å²) in [6.07, 6.45) is 3.44. The minimum absolute atomic E-state index is 0.126. The number of ether oxygens (including phenoxy) is 1. The number of anilines is 1. The molecule has 0 radical (unpaired) electrons. The third kappa shape index (κ3) is 2.47. The molecule has 2 N–H and O–H groups in total. The van der Waals surface area contributed by atoms with Gasteiger partial charge in [-0.3, -0.25) is 0 Å². The van der Waals surface area contributed by atoms with Gasteiger partial charge in [-0.15, -0.1) is 0 Å². The maximum absolute atomic E-state index is 11.4. The van der Waals surface area contributed by atoms with Gasteiger partial charge in [0, 0.05) is 11.3 Å². The Labute approximate surface area is 92.7 Å². The van der Waals surface area contributed by atoms with E-state index in [9.17, 15) is 4.79 Å². The molecule has 1 heterocycles. The third-order valence-electron chi connectivity index (χ3n) is 1.77. The van der Waals surface area contributed by atoms with Crippen LogP contribution in [-0.2, 0) is 4.74 Å². The average molecular weight is 227 g/mol. The number of pyridine rings is 1. The van der Waals surface area contributed by atoms with E-state index in [0.717, 1.165) is 0 Å². The number of carbonyl (C=O) groups is 1. The second-order valence-electron chi connectivity index (χ2n) is 2.79. The maximum atomic E-state index is 11.4. The molecule has 4 nitrogen and oxygen atoms in total. The molecule has 15 heavy (non-hydrogen) atoms. The minimum Gasteiger partial charge on any atom is -0.464 e. The molecule has 0 amide bonds. The maximum Gasteiger partial charge on any atom is 0.357 e. The highest BCUT2D eigenvalue weighted by molar-refractivity contribution is 6.30. The Morgan fingerprint density at radius 3 is 2.87 bits per heavy atom. The molecule has 0 bridgehead atoms. The molecule has 1 aromatic rings. The lowest BCUT2D eigenvalue weighted by Gasteiger charge is -2.06. The van der Waals surface area contributed by atoms with Crippen LogP contribution in [0.5, 0.6) is 0 Å². The zero-order valence-corrected chi connectivity index (χ0v) is 9.21. The van der Waals surface area contributed by atoms with Gasteiger partial charge in [0.2, 0.25) is 0 Å². The molecule has 0 spiro atoms. The number of methoxy groups -OCH3 is 1. The second kappa shape index (κ2) is 4.79. The van der Waals surface area contributed by atoms with Crippen molar-refractivity contribution in [3.05, 3.63) is 28.6 Å². The van der Waals surface area contributed by atoms with Gasteiger partial charge in [-0.2, -0.15) is 0 Å². The molecule has 0 aliphatic heterocycles. The van der Waals surface area contributed by atoms with Gasteiger partial charge in [-0.25, -0.2) is 9.78 Å². The highest BCUT2D eigenvalue weighted by Crippen LogP contribution is 2.21. The molecule has 0 saturated heterocycles. The number of hydrogen-bond acceptors (Lipinski definition) is 4. The predicted octanol–water partition coefficient (Wildman–Crippen LogP) is 2.14. The van der Waals surface area contributed by atoms with Crippen molar-refractivity contribution in [2.24, 2.45) is 0 Å². The monoisotopic (exact) mass is 226 g/mol. The van der Waals surface area contributed by atoms with Crippen molar-refractivity contribution >= 4 is 29.3 Å². The van der Waals surface area contributed by atoms with E-state index in [0.29, 0.717) is 11.3 Å². The van der Waals surface area contributed by atoms with E-state index in [2.05, 4.69) is 9.72 Å². The zero-order chi connectivity index (χ0) is 11.4. The molecule has 0 aromatic carbocycles. The van der Waals surface area contributed by atoms with E-state index in [4.69, 9.17) is 17.3 Å². The summed E-state index contributed by atoms with van der Waals surface area (Å²) in [5, 5.41) is 0.168. The number of nitrogens with two attached hydrogens (primary N) is 1. The van der Waals surface area contributed by atoms with Crippen molar-refractivity contribution in [2.75, 3.05) is 12.8 Å². The Bertz CT molecular complexity index is 416. The van der Waals surface area contributed by atoms with Crippen LogP contribution in [-0.4, -0.2) is 18.1 Å². The summed E-state index contributed by atoms with van der Waals surface area (Å²) in [5.41, 5.74) is 6.76. The van der Waals surface area contributed by atoms with Crippen molar-refractivity contribution < 1.29 is 9.53 Å². The summed E-state index contributed by atoms with van der Waals surface area (Å²) in [4.78, 5) is 15.3. The molecule has 80 valence electrons. The first-order chi connectivity index (χ1) is 7.10. The standard InChI is InChI=1S/C10H11ClN2O2/c1-3-4-6-7(12)5-8(11)13-9(6)10(14)15-2/h3-5H,1-2H3,(H2,12,13)/b4-3-. The first kappa shape index (κ1) is 11.5. The number of rotatable bonds is 2. The molecule has 0 atom stereocenters. The average Bonchev–Trinajstić information content (AvgIpc) is 2.20. The Kier molecular flexibility index (Phi) is 3.68. The third-order valence-corrected chi connectivity index (χ3v) is 1.97. The summed E-state index contributed by atoms with van der Waals surface area (Å²) in [5.74, 6) is -0.558. The lowest BCUT2D eigenvalue weighted by Crippen LogP contribution is -2.09. The van der Waals surface area contributed by atoms with Gasteiger partial charge in [-0.05, 0) is 13.0 Å². The molecule has 1 rings (SSSR count). The number of carbonyl (C=O) groups excluding carboxylic acids is 1.